The average Bonchev–Trinajstić information content (AvgIpc) is 3.17. The van der Waals surface area contributed by atoms with Crippen LogP contribution in [0.1, 0.15) is 21.9 Å². The van der Waals surface area contributed by atoms with E-state index in [4.69, 9.17) is 10.5 Å². The Kier molecular flexibility index (Phi) is 3.99. The van der Waals surface area contributed by atoms with Gasteiger partial charge in [0, 0.05) is 24.7 Å². The Labute approximate surface area is 142 Å². The highest BCUT2D eigenvalue weighted by atomic mass is 19.1. The molecule has 0 radical (unpaired) electrons. The number of hydrogen-bond donors (Lipinski definition) is 1. The van der Waals surface area contributed by atoms with Crippen LogP contribution in [0.3, 0.4) is 0 Å². The maximum atomic E-state index is 13.9. The summed E-state index contributed by atoms with van der Waals surface area (Å²) in [5.41, 5.74) is 6.84. The van der Waals surface area contributed by atoms with Crippen LogP contribution in [0.25, 0.3) is 11.4 Å². The first-order valence-electron chi connectivity index (χ1n) is 7.27. The second-order valence-electron chi connectivity index (χ2n) is 5.26. The van der Waals surface area contributed by atoms with Gasteiger partial charge in [-0.25, -0.2) is 14.2 Å². The number of methoxy groups -OCH3 is 1. The molecule has 2 N–H and O–H groups in total. The van der Waals surface area contributed by atoms with Crippen LogP contribution in [0.15, 0.2) is 36.8 Å². The van der Waals surface area contributed by atoms with Crippen molar-refractivity contribution in [2.45, 2.75) is 6.92 Å². The number of ether oxygens (including phenoxy) is 1. The van der Waals surface area contributed by atoms with Gasteiger partial charge in [-0.2, -0.15) is 5.26 Å². The Morgan fingerprint density at radius 1 is 1.36 bits per heavy atom. The van der Waals surface area contributed by atoms with Crippen LogP contribution in [-0.2, 0) is 4.74 Å². The standard InChI is InChI=1S/C17H14FN5O2/c1-10-21-5-6-22(10)13-4-3-12(18)7-14(13)23-9-11(8-19)15(20)16(23)17(24)25-2/h3-7,9H,20H2,1-2H3. The molecule has 0 unspecified atom stereocenters. The van der Waals surface area contributed by atoms with Crippen LogP contribution in [0, 0.1) is 24.1 Å². The van der Waals surface area contributed by atoms with Gasteiger partial charge in [-0.3, -0.25) is 0 Å². The maximum Gasteiger partial charge on any atom is 0.357 e. The molecule has 0 aliphatic rings. The number of nitrogen functional groups attached to an aromatic ring is 1. The van der Waals surface area contributed by atoms with Crippen molar-refractivity contribution in [2.75, 3.05) is 12.8 Å². The van der Waals surface area contributed by atoms with Gasteiger partial charge >= 0.3 is 5.97 Å². The Morgan fingerprint density at radius 3 is 2.72 bits per heavy atom. The molecule has 25 heavy (non-hydrogen) atoms. The van der Waals surface area contributed by atoms with E-state index in [-0.39, 0.29) is 16.9 Å². The molecule has 0 saturated heterocycles. The fourth-order valence-electron chi connectivity index (χ4n) is 2.63. The predicted molar refractivity (Wildman–Crippen MR) is 88.1 cm³/mol. The van der Waals surface area contributed by atoms with E-state index >= 15 is 0 Å². The maximum absolute atomic E-state index is 13.9. The van der Waals surface area contributed by atoms with E-state index in [9.17, 15) is 14.4 Å². The van der Waals surface area contributed by atoms with E-state index in [2.05, 4.69) is 4.98 Å². The predicted octanol–water partition coefficient (Wildman–Crippen LogP) is 2.35. The molecule has 0 bridgehead atoms. The molecular weight excluding hydrogens is 325 g/mol. The number of hydrogen-bond acceptors (Lipinski definition) is 5. The first kappa shape index (κ1) is 16.3. The Morgan fingerprint density at radius 2 is 2.12 bits per heavy atom. The number of anilines is 1. The van der Waals surface area contributed by atoms with E-state index < -0.39 is 11.8 Å². The summed E-state index contributed by atoms with van der Waals surface area (Å²) in [5, 5.41) is 9.22. The van der Waals surface area contributed by atoms with Crippen molar-refractivity contribution in [2.24, 2.45) is 0 Å². The highest BCUT2D eigenvalue weighted by Gasteiger charge is 2.23. The van der Waals surface area contributed by atoms with Crippen LogP contribution in [0.5, 0.6) is 0 Å². The number of nitrogens with zero attached hydrogens (tertiary/aromatic N) is 4. The summed E-state index contributed by atoms with van der Waals surface area (Å²) >= 11 is 0. The van der Waals surface area contributed by atoms with Gasteiger partial charge < -0.3 is 19.6 Å². The first-order valence-corrected chi connectivity index (χ1v) is 7.27. The zero-order valence-corrected chi connectivity index (χ0v) is 13.5. The van der Waals surface area contributed by atoms with Crippen LogP contribution in [0.2, 0.25) is 0 Å². The lowest BCUT2D eigenvalue weighted by Crippen LogP contribution is -2.13. The second-order valence-corrected chi connectivity index (χ2v) is 5.26. The van der Waals surface area contributed by atoms with Crippen molar-refractivity contribution in [3.8, 4) is 17.4 Å². The van der Waals surface area contributed by atoms with Gasteiger partial charge in [-0.1, -0.05) is 0 Å². The summed E-state index contributed by atoms with van der Waals surface area (Å²) in [6.07, 6.45) is 4.70. The van der Waals surface area contributed by atoms with Gasteiger partial charge in [0.15, 0.2) is 5.69 Å². The zero-order chi connectivity index (χ0) is 18.1. The Balaban J connectivity index is 2.35. The van der Waals surface area contributed by atoms with Crippen molar-refractivity contribution < 1.29 is 13.9 Å². The third-order valence-electron chi connectivity index (χ3n) is 3.83. The summed E-state index contributed by atoms with van der Waals surface area (Å²) in [6.45, 7) is 1.79. The van der Waals surface area contributed by atoms with Crippen molar-refractivity contribution in [1.82, 2.24) is 14.1 Å². The lowest BCUT2D eigenvalue weighted by Gasteiger charge is -2.15. The van der Waals surface area contributed by atoms with E-state index in [1.807, 2.05) is 6.07 Å². The first-order chi connectivity index (χ1) is 12.0. The lowest BCUT2D eigenvalue weighted by atomic mass is 10.2. The molecule has 8 heteroatoms. The minimum Gasteiger partial charge on any atom is -0.464 e. The third kappa shape index (κ3) is 2.61. The van der Waals surface area contributed by atoms with Gasteiger partial charge in [-0.05, 0) is 19.1 Å². The summed E-state index contributed by atoms with van der Waals surface area (Å²) in [6, 6.07) is 6.03. The average molecular weight is 339 g/mol. The molecule has 2 heterocycles. The van der Waals surface area contributed by atoms with Crippen LogP contribution >= 0.6 is 0 Å². The Bertz CT molecular complexity index is 1010. The van der Waals surface area contributed by atoms with E-state index in [1.165, 1.54) is 30.0 Å². The van der Waals surface area contributed by atoms with E-state index in [0.717, 1.165) is 0 Å². The number of aryl methyl sites for hydroxylation is 1. The number of carbonyl (C=O) groups is 1. The minimum atomic E-state index is -0.725. The SMILES string of the molecule is COC(=O)c1c(N)c(C#N)cn1-c1cc(F)ccc1-n1ccnc1C. The molecule has 0 fully saturated rings. The van der Waals surface area contributed by atoms with Crippen LogP contribution < -0.4 is 5.73 Å². The molecular formula is C17H14FN5O2. The number of benzene rings is 1. The summed E-state index contributed by atoms with van der Waals surface area (Å²) in [5.74, 6) is -0.553. The fraction of sp³-hybridized carbons (Fsp3) is 0.118. The number of esters is 1. The van der Waals surface area contributed by atoms with Crippen molar-refractivity contribution >= 4 is 11.7 Å². The third-order valence-corrected chi connectivity index (χ3v) is 3.83. The second kappa shape index (κ2) is 6.13. The fourth-order valence-corrected chi connectivity index (χ4v) is 2.63. The molecule has 0 saturated carbocycles. The van der Waals surface area contributed by atoms with E-state index in [0.29, 0.717) is 17.2 Å². The number of halogens is 1. The molecule has 1 aromatic carbocycles. The number of nitrogens with two attached hydrogens (primary N) is 1. The molecule has 0 atom stereocenters. The summed E-state index contributed by atoms with van der Waals surface area (Å²) in [4.78, 5) is 16.3. The quantitative estimate of drug-likeness (QED) is 0.739. The smallest absolute Gasteiger partial charge is 0.357 e. The van der Waals surface area contributed by atoms with Gasteiger partial charge in [0.25, 0.3) is 0 Å². The molecule has 7 nitrogen and oxygen atoms in total. The topological polar surface area (TPSA) is 98.9 Å². The lowest BCUT2D eigenvalue weighted by molar-refractivity contribution is 0.0593. The van der Waals surface area contributed by atoms with E-state index in [1.54, 1.807) is 30.0 Å². The summed E-state index contributed by atoms with van der Waals surface area (Å²) in [7, 11) is 1.21. The molecule has 126 valence electrons. The van der Waals surface area contributed by atoms with Gasteiger partial charge in [0.1, 0.15) is 17.7 Å². The normalized spacial score (nSPS) is 10.5. The Hall–Kier alpha value is -3.60. The highest BCUT2D eigenvalue weighted by Crippen LogP contribution is 2.29. The van der Waals surface area contributed by atoms with Gasteiger partial charge in [-0.15, -0.1) is 0 Å². The van der Waals surface area contributed by atoms with Crippen molar-refractivity contribution in [3.63, 3.8) is 0 Å². The molecule has 3 rings (SSSR count). The van der Waals surface area contributed by atoms with Crippen molar-refractivity contribution in [1.29, 1.82) is 5.26 Å². The number of carbonyl (C=O) groups excluding carboxylic acids is 1. The minimum absolute atomic E-state index is 0.0214. The molecule has 0 aliphatic carbocycles. The molecule has 0 amide bonds. The number of aromatic nitrogens is 3. The van der Waals surface area contributed by atoms with Crippen molar-refractivity contribution in [3.05, 3.63) is 59.7 Å². The molecule has 0 spiro atoms. The van der Waals surface area contributed by atoms with Crippen LogP contribution in [0.4, 0.5) is 10.1 Å². The number of rotatable bonds is 3. The molecule has 3 aromatic rings. The van der Waals surface area contributed by atoms with Gasteiger partial charge in [0.05, 0.1) is 29.7 Å². The van der Waals surface area contributed by atoms with Crippen LogP contribution in [-0.4, -0.2) is 27.2 Å². The largest absolute Gasteiger partial charge is 0.464 e. The number of nitriles is 1. The molecule has 2 aromatic heterocycles. The summed E-state index contributed by atoms with van der Waals surface area (Å²) < 4.78 is 21.8. The molecule has 0 aliphatic heterocycles. The highest BCUT2D eigenvalue weighted by molar-refractivity contribution is 5.96. The van der Waals surface area contributed by atoms with Gasteiger partial charge in [0.2, 0.25) is 0 Å². The zero-order valence-electron chi connectivity index (χ0n) is 13.5. The number of imidazole rings is 1. The monoisotopic (exact) mass is 339 g/mol.